The van der Waals surface area contributed by atoms with Crippen LogP contribution in [0.1, 0.15) is 78.8 Å². The van der Waals surface area contributed by atoms with E-state index in [2.05, 4.69) is 36.9 Å². The molecule has 2 heterocycles. The number of likely N-dealkylation sites (N-methyl/N-ethyl adjacent to an activating group) is 1. The SMILES string of the molecule is CC.CCN(C[C@@H](CNC(=O)OC(C)(C)C)OC)c1nccc(Nc2cc(C3CCCC3)[nH]n2)n1. The number of ether oxygens (including phenoxy) is 2. The molecule has 1 aliphatic carbocycles. The molecular weight excluding hydrogens is 446 g/mol. The second kappa shape index (κ2) is 13.9. The van der Waals surface area contributed by atoms with Crippen molar-refractivity contribution in [3.05, 3.63) is 24.0 Å². The van der Waals surface area contributed by atoms with Crippen LogP contribution < -0.4 is 15.5 Å². The Morgan fingerprint density at radius 1 is 1.26 bits per heavy atom. The summed E-state index contributed by atoms with van der Waals surface area (Å²) in [6, 6.07) is 3.89. The summed E-state index contributed by atoms with van der Waals surface area (Å²) in [5.41, 5.74) is 0.634. The van der Waals surface area contributed by atoms with Crippen LogP contribution in [-0.4, -0.2) is 64.7 Å². The Labute approximate surface area is 209 Å². The summed E-state index contributed by atoms with van der Waals surface area (Å²) >= 11 is 0. The van der Waals surface area contributed by atoms with Crippen LogP contribution >= 0.6 is 0 Å². The van der Waals surface area contributed by atoms with Crippen molar-refractivity contribution >= 4 is 23.7 Å². The number of aromatic nitrogens is 4. The zero-order valence-electron chi connectivity index (χ0n) is 22.4. The van der Waals surface area contributed by atoms with E-state index < -0.39 is 11.7 Å². The molecule has 2 aromatic rings. The zero-order valence-corrected chi connectivity index (χ0v) is 22.4. The van der Waals surface area contributed by atoms with Crippen molar-refractivity contribution in [2.24, 2.45) is 0 Å². The summed E-state index contributed by atoms with van der Waals surface area (Å²) in [5.74, 6) is 2.57. The van der Waals surface area contributed by atoms with E-state index in [0.717, 1.165) is 5.82 Å². The number of carbonyl (C=O) groups is 1. The van der Waals surface area contributed by atoms with Gasteiger partial charge in [0.1, 0.15) is 11.4 Å². The largest absolute Gasteiger partial charge is 0.444 e. The Hall–Kier alpha value is -2.88. The van der Waals surface area contributed by atoms with Crippen LogP contribution in [0.15, 0.2) is 18.3 Å². The fraction of sp³-hybridized carbons (Fsp3) is 0.680. The lowest BCUT2D eigenvalue weighted by Crippen LogP contribution is -2.43. The molecule has 1 saturated carbocycles. The van der Waals surface area contributed by atoms with Gasteiger partial charge in [-0.25, -0.2) is 9.78 Å². The minimum absolute atomic E-state index is 0.252. The molecular formula is C25H43N7O3. The van der Waals surface area contributed by atoms with Gasteiger partial charge in [-0.2, -0.15) is 10.1 Å². The predicted octanol–water partition coefficient (Wildman–Crippen LogP) is 4.99. The number of nitrogens with zero attached hydrogens (tertiary/aromatic N) is 4. The Morgan fingerprint density at radius 3 is 2.60 bits per heavy atom. The lowest BCUT2D eigenvalue weighted by atomic mass is 10.0. The first-order valence-corrected chi connectivity index (χ1v) is 12.7. The van der Waals surface area contributed by atoms with Gasteiger partial charge in [0.05, 0.1) is 6.10 Å². The van der Waals surface area contributed by atoms with Gasteiger partial charge in [-0.15, -0.1) is 0 Å². The number of anilines is 3. The molecule has 1 fully saturated rings. The zero-order chi connectivity index (χ0) is 25.8. The Kier molecular flexibility index (Phi) is 11.2. The maximum absolute atomic E-state index is 12.0. The van der Waals surface area contributed by atoms with E-state index in [9.17, 15) is 4.79 Å². The molecule has 2 aromatic heterocycles. The fourth-order valence-electron chi connectivity index (χ4n) is 3.88. The van der Waals surface area contributed by atoms with Crippen molar-refractivity contribution in [2.45, 2.75) is 84.8 Å². The summed E-state index contributed by atoms with van der Waals surface area (Å²) in [7, 11) is 1.62. The third kappa shape index (κ3) is 9.35. The van der Waals surface area contributed by atoms with E-state index in [1.807, 2.05) is 52.5 Å². The summed E-state index contributed by atoms with van der Waals surface area (Å²) in [6.45, 7) is 13.0. The number of aromatic amines is 1. The minimum Gasteiger partial charge on any atom is -0.444 e. The highest BCUT2D eigenvalue weighted by atomic mass is 16.6. The van der Waals surface area contributed by atoms with Gasteiger partial charge in [-0.3, -0.25) is 5.10 Å². The third-order valence-corrected chi connectivity index (χ3v) is 5.59. The molecule has 3 N–H and O–H groups in total. The number of hydrogen-bond donors (Lipinski definition) is 3. The molecule has 0 unspecified atom stereocenters. The molecule has 10 nitrogen and oxygen atoms in total. The molecule has 196 valence electrons. The van der Waals surface area contributed by atoms with Crippen molar-refractivity contribution in [1.82, 2.24) is 25.5 Å². The standard InChI is InChI=1S/C23H37N7O3.C2H6/c1-6-30(15-17(32-5)14-25-22(31)33-23(2,3)4)21-24-12-11-19(27-21)26-20-13-18(28-29-20)16-9-7-8-10-16;1-2/h11-13,16-17H,6-10,14-15H2,1-5H3,(H,25,31)(H2,24,26,27,28,29);1-2H3/t17-;/m1./s1. The number of H-pyrrole nitrogens is 1. The van der Waals surface area contributed by atoms with E-state index in [0.29, 0.717) is 37.3 Å². The van der Waals surface area contributed by atoms with Crippen molar-refractivity contribution in [2.75, 3.05) is 37.0 Å². The van der Waals surface area contributed by atoms with Gasteiger partial charge < -0.3 is 25.0 Å². The van der Waals surface area contributed by atoms with E-state index in [-0.39, 0.29) is 6.10 Å². The molecule has 1 atom stereocenters. The van der Waals surface area contributed by atoms with Gasteiger partial charge >= 0.3 is 6.09 Å². The second-order valence-electron chi connectivity index (χ2n) is 9.34. The maximum Gasteiger partial charge on any atom is 0.407 e. The lowest BCUT2D eigenvalue weighted by Gasteiger charge is -2.27. The quantitative estimate of drug-likeness (QED) is 0.427. The molecule has 0 spiro atoms. The number of alkyl carbamates (subject to hydrolysis) is 1. The number of nitrogens with one attached hydrogen (secondary N) is 3. The van der Waals surface area contributed by atoms with Crippen LogP contribution in [0.25, 0.3) is 0 Å². The first-order valence-electron chi connectivity index (χ1n) is 12.7. The Morgan fingerprint density at radius 2 is 1.97 bits per heavy atom. The van der Waals surface area contributed by atoms with Gasteiger partial charge in [0.15, 0.2) is 5.82 Å². The number of hydrogen-bond acceptors (Lipinski definition) is 8. The molecule has 0 radical (unpaired) electrons. The van der Waals surface area contributed by atoms with Crippen molar-refractivity contribution in [1.29, 1.82) is 0 Å². The molecule has 0 saturated heterocycles. The summed E-state index contributed by atoms with van der Waals surface area (Å²) < 4.78 is 10.9. The number of carbonyl (C=O) groups excluding carboxylic acids is 1. The molecule has 0 bridgehead atoms. The average molecular weight is 490 g/mol. The molecule has 10 heteroatoms. The highest BCUT2D eigenvalue weighted by Crippen LogP contribution is 2.34. The number of amides is 1. The molecule has 1 amide bonds. The van der Waals surface area contributed by atoms with Gasteiger partial charge in [0, 0.05) is 50.6 Å². The van der Waals surface area contributed by atoms with Crippen LogP contribution in [0.2, 0.25) is 0 Å². The van der Waals surface area contributed by atoms with E-state index in [1.165, 1.54) is 31.4 Å². The van der Waals surface area contributed by atoms with Gasteiger partial charge in [0.25, 0.3) is 0 Å². The van der Waals surface area contributed by atoms with Crippen molar-refractivity contribution in [3.8, 4) is 0 Å². The predicted molar refractivity (Wildman–Crippen MR) is 139 cm³/mol. The first kappa shape index (κ1) is 28.4. The minimum atomic E-state index is -0.546. The fourth-order valence-corrected chi connectivity index (χ4v) is 3.88. The van der Waals surface area contributed by atoms with Crippen molar-refractivity contribution in [3.63, 3.8) is 0 Å². The third-order valence-electron chi connectivity index (χ3n) is 5.59. The van der Waals surface area contributed by atoms with Crippen molar-refractivity contribution < 1.29 is 14.3 Å². The van der Waals surface area contributed by atoms with E-state index >= 15 is 0 Å². The summed E-state index contributed by atoms with van der Waals surface area (Å²) in [5, 5.41) is 13.6. The monoisotopic (exact) mass is 489 g/mol. The topological polar surface area (TPSA) is 117 Å². The Balaban J connectivity index is 0.00000210. The second-order valence-corrected chi connectivity index (χ2v) is 9.34. The van der Waals surface area contributed by atoms with Gasteiger partial charge in [-0.05, 0) is 46.6 Å². The highest BCUT2D eigenvalue weighted by molar-refractivity contribution is 5.67. The molecule has 0 aromatic carbocycles. The number of methoxy groups -OCH3 is 1. The maximum atomic E-state index is 12.0. The molecule has 0 aliphatic heterocycles. The normalized spacial score (nSPS) is 14.6. The molecule has 35 heavy (non-hydrogen) atoms. The summed E-state index contributed by atoms with van der Waals surface area (Å²) in [6.07, 6.45) is 6.00. The van der Waals surface area contributed by atoms with Crippen LogP contribution in [0, 0.1) is 0 Å². The van der Waals surface area contributed by atoms with E-state index in [1.54, 1.807) is 13.3 Å². The van der Waals surface area contributed by atoms with E-state index in [4.69, 9.17) is 9.47 Å². The first-order chi connectivity index (χ1) is 16.8. The van der Waals surface area contributed by atoms with Crippen LogP contribution in [0.3, 0.4) is 0 Å². The Bertz CT molecular complexity index is 891. The number of rotatable bonds is 10. The average Bonchev–Trinajstić information content (AvgIpc) is 3.52. The van der Waals surface area contributed by atoms with Gasteiger partial charge in [-0.1, -0.05) is 26.7 Å². The van der Waals surface area contributed by atoms with Gasteiger partial charge in [0.2, 0.25) is 5.95 Å². The highest BCUT2D eigenvalue weighted by Gasteiger charge is 2.21. The van der Waals surface area contributed by atoms with Crippen LogP contribution in [0.4, 0.5) is 22.4 Å². The van der Waals surface area contributed by atoms with Crippen LogP contribution in [0.5, 0.6) is 0 Å². The summed E-state index contributed by atoms with van der Waals surface area (Å²) in [4.78, 5) is 23.1. The molecule has 1 aliphatic rings. The smallest absolute Gasteiger partial charge is 0.407 e. The van der Waals surface area contributed by atoms with Crippen LogP contribution in [-0.2, 0) is 9.47 Å². The lowest BCUT2D eigenvalue weighted by molar-refractivity contribution is 0.0463. The molecule has 3 rings (SSSR count).